The highest BCUT2D eigenvalue weighted by Gasteiger charge is 2.21. The van der Waals surface area contributed by atoms with Crippen LogP contribution in [0.5, 0.6) is 0 Å². The standard InChI is InChI=1S/C18H27N3OS/c1-15-5-2-3-6-16(15)14-20-8-10-21(11-9-20)18(23)19-13-17-7-4-12-22-17/h2-3,5-6,17H,4,7-14H2,1H3,(H,19,23). The molecule has 1 unspecified atom stereocenters. The Morgan fingerprint density at radius 2 is 2.04 bits per heavy atom. The molecule has 23 heavy (non-hydrogen) atoms. The summed E-state index contributed by atoms with van der Waals surface area (Å²) < 4.78 is 5.64. The fourth-order valence-corrected chi connectivity index (χ4v) is 3.52. The Labute approximate surface area is 144 Å². The van der Waals surface area contributed by atoms with Crippen LogP contribution in [-0.4, -0.2) is 60.3 Å². The third kappa shape index (κ3) is 4.66. The van der Waals surface area contributed by atoms with Crippen molar-refractivity contribution in [3.05, 3.63) is 35.4 Å². The summed E-state index contributed by atoms with van der Waals surface area (Å²) in [5, 5.41) is 4.27. The van der Waals surface area contributed by atoms with E-state index in [2.05, 4.69) is 46.3 Å². The number of nitrogens with one attached hydrogen (secondary N) is 1. The fraction of sp³-hybridized carbons (Fsp3) is 0.611. The van der Waals surface area contributed by atoms with Crippen molar-refractivity contribution in [3.63, 3.8) is 0 Å². The Hall–Kier alpha value is -1.17. The van der Waals surface area contributed by atoms with Crippen molar-refractivity contribution in [2.75, 3.05) is 39.3 Å². The molecule has 2 aliphatic rings. The SMILES string of the molecule is Cc1ccccc1CN1CCN(C(=S)NCC2CCCO2)CC1. The van der Waals surface area contributed by atoms with Crippen LogP contribution in [0.25, 0.3) is 0 Å². The summed E-state index contributed by atoms with van der Waals surface area (Å²) in [7, 11) is 0. The van der Waals surface area contributed by atoms with Gasteiger partial charge in [-0.1, -0.05) is 24.3 Å². The van der Waals surface area contributed by atoms with E-state index in [9.17, 15) is 0 Å². The lowest BCUT2D eigenvalue weighted by Crippen LogP contribution is -2.52. The van der Waals surface area contributed by atoms with Crippen LogP contribution in [0.2, 0.25) is 0 Å². The predicted octanol–water partition coefficient (Wildman–Crippen LogP) is 2.17. The molecule has 3 rings (SSSR count). The number of nitrogens with zero attached hydrogens (tertiary/aromatic N) is 2. The zero-order valence-corrected chi connectivity index (χ0v) is 14.8. The van der Waals surface area contributed by atoms with Gasteiger partial charge in [-0.25, -0.2) is 0 Å². The summed E-state index contributed by atoms with van der Waals surface area (Å²) >= 11 is 5.54. The minimum Gasteiger partial charge on any atom is -0.376 e. The average molecular weight is 334 g/mol. The molecule has 0 aliphatic carbocycles. The van der Waals surface area contributed by atoms with Crippen LogP contribution >= 0.6 is 12.2 Å². The lowest BCUT2D eigenvalue weighted by atomic mass is 10.1. The summed E-state index contributed by atoms with van der Waals surface area (Å²) in [5.41, 5.74) is 2.81. The molecule has 2 aliphatic heterocycles. The van der Waals surface area contributed by atoms with E-state index in [1.165, 1.54) is 17.5 Å². The number of hydrogen-bond acceptors (Lipinski definition) is 3. The Kier molecular flexibility index (Phi) is 5.86. The van der Waals surface area contributed by atoms with Gasteiger partial charge in [0.1, 0.15) is 0 Å². The summed E-state index contributed by atoms with van der Waals surface area (Å²) in [6.45, 7) is 9.12. The summed E-state index contributed by atoms with van der Waals surface area (Å²) in [6, 6.07) is 8.66. The van der Waals surface area contributed by atoms with Crippen molar-refractivity contribution in [2.45, 2.75) is 32.4 Å². The van der Waals surface area contributed by atoms with E-state index >= 15 is 0 Å². The molecule has 2 heterocycles. The lowest BCUT2D eigenvalue weighted by Gasteiger charge is -2.36. The highest BCUT2D eigenvalue weighted by atomic mass is 32.1. The normalized spacial score (nSPS) is 22.3. The van der Waals surface area contributed by atoms with E-state index in [-0.39, 0.29) is 0 Å². The van der Waals surface area contributed by atoms with E-state index in [0.29, 0.717) is 6.10 Å². The van der Waals surface area contributed by atoms with Gasteiger partial charge in [-0.3, -0.25) is 4.90 Å². The quantitative estimate of drug-likeness (QED) is 0.853. The third-order valence-corrected chi connectivity index (χ3v) is 5.22. The molecule has 0 amide bonds. The number of ether oxygens (including phenoxy) is 1. The minimum atomic E-state index is 0.343. The van der Waals surface area contributed by atoms with Gasteiger partial charge in [0.15, 0.2) is 5.11 Å². The second-order valence-electron chi connectivity index (χ2n) is 6.51. The summed E-state index contributed by atoms with van der Waals surface area (Å²) in [6.07, 6.45) is 2.67. The van der Waals surface area contributed by atoms with Crippen LogP contribution < -0.4 is 5.32 Å². The first-order chi connectivity index (χ1) is 11.2. The molecule has 0 aromatic heterocycles. The van der Waals surface area contributed by atoms with Crippen LogP contribution in [0.3, 0.4) is 0 Å². The highest BCUT2D eigenvalue weighted by Crippen LogP contribution is 2.13. The number of benzene rings is 1. The van der Waals surface area contributed by atoms with Crippen molar-refractivity contribution in [1.82, 2.24) is 15.1 Å². The zero-order chi connectivity index (χ0) is 16.1. The molecule has 126 valence electrons. The minimum absolute atomic E-state index is 0.343. The molecule has 4 nitrogen and oxygen atoms in total. The molecule has 5 heteroatoms. The summed E-state index contributed by atoms with van der Waals surface area (Å²) in [4.78, 5) is 4.81. The molecular weight excluding hydrogens is 306 g/mol. The highest BCUT2D eigenvalue weighted by molar-refractivity contribution is 7.80. The van der Waals surface area contributed by atoms with Gasteiger partial charge in [0, 0.05) is 45.9 Å². The number of piperazine rings is 1. The number of hydrogen-bond donors (Lipinski definition) is 1. The van der Waals surface area contributed by atoms with Crippen LogP contribution in [-0.2, 0) is 11.3 Å². The first kappa shape index (κ1) is 16.7. The topological polar surface area (TPSA) is 27.7 Å². The maximum Gasteiger partial charge on any atom is 0.169 e. The maximum absolute atomic E-state index is 5.64. The van der Waals surface area contributed by atoms with Crippen molar-refractivity contribution >= 4 is 17.3 Å². The Morgan fingerprint density at radius 3 is 2.74 bits per heavy atom. The van der Waals surface area contributed by atoms with Gasteiger partial charge in [-0.05, 0) is 43.1 Å². The van der Waals surface area contributed by atoms with Crippen molar-refractivity contribution in [2.24, 2.45) is 0 Å². The van der Waals surface area contributed by atoms with Crippen molar-refractivity contribution in [1.29, 1.82) is 0 Å². The number of rotatable bonds is 4. The summed E-state index contributed by atoms with van der Waals surface area (Å²) in [5.74, 6) is 0. The molecule has 1 atom stereocenters. The van der Waals surface area contributed by atoms with Gasteiger partial charge in [0.05, 0.1) is 6.10 Å². The van der Waals surface area contributed by atoms with Crippen LogP contribution in [0.1, 0.15) is 24.0 Å². The average Bonchev–Trinajstić information content (AvgIpc) is 3.09. The van der Waals surface area contributed by atoms with E-state index < -0.39 is 0 Å². The fourth-order valence-electron chi connectivity index (χ4n) is 3.26. The first-order valence-corrected chi connectivity index (χ1v) is 9.04. The molecule has 1 aromatic rings. The van der Waals surface area contributed by atoms with E-state index in [4.69, 9.17) is 17.0 Å². The molecule has 2 saturated heterocycles. The van der Waals surface area contributed by atoms with Crippen LogP contribution in [0.4, 0.5) is 0 Å². The maximum atomic E-state index is 5.64. The van der Waals surface area contributed by atoms with Crippen molar-refractivity contribution in [3.8, 4) is 0 Å². The molecular formula is C18H27N3OS. The van der Waals surface area contributed by atoms with Gasteiger partial charge < -0.3 is 15.0 Å². The smallest absolute Gasteiger partial charge is 0.169 e. The van der Waals surface area contributed by atoms with Crippen molar-refractivity contribution < 1.29 is 4.74 Å². The van der Waals surface area contributed by atoms with E-state index in [1.807, 2.05) is 0 Å². The Balaban J connectivity index is 1.41. The van der Waals surface area contributed by atoms with Gasteiger partial charge in [0.2, 0.25) is 0 Å². The number of aryl methyl sites for hydroxylation is 1. The van der Waals surface area contributed by atoms with Crippen LogP contribution in [0, 0.1) is 6.92 Å². The molecule has 2 fully saturated rings. The van der Waals surface area contributed by atoms with E-state index in [1.54, 1.807) is 0 Å². The lowest BCUT2D eigenvalue weighted by molar-refractivity contribution is 0.112. The number of thiocarbonyl (C=S) groups is 1. The Bertz CT molecular complexity index is 523. The largest absolute Gasteiger partial charge is 0.376 e. The van der Waals surface area contributed by atoms with E-state index in [0.717, 1.165) is 57.4 Å². The predicted molar refractivity (Wildman–Crippen MR) is 97.6 cm³/mol. The van der Waals surface area contributed by atoms with Gasteiger partial charge in [-0.2, -0.15) is 0 Å². The second-order valence-corrected chi connectivity index (χ2v) is 6.90. The molecule has 0 bridgehead atoms. The molecule has 0 radical (unpaired) electrons. The van der Waals surface area contributed by atoms with Gasteiger partial charge in [0.25, 0.3) is 0 Å². The monoisotopic (exact) mass is 333 g/mol. The Morgan fingerprint density at radius 1 is 1.26 bits per heavy atom. The zero-order valence-electron chi connectivity index (χ0n) is 14.0. The second kappa shape index (κ2) is 8.08. The molecule has 1 aromatic carbocycles. The van der Waals surface area contributed by atoms with Gasteiger partial charge >= 0.3 is 0 Å². The first-order valence-electron chi connectivity index (χ1n) is 8.63. The molecule has 1 N–H and O–H groups in total. The molecule has 0 spiro atoms. The molecule has 0 saturated carbocycles. The third-order valence-electron chi connectivity index (χ3n) is 4.82. The van der Waals surface area contributed by atoms with Crippen LogP contribution in [0.15, 0.2) is 24.3 Å². The van der Waals surface area contributed by atoms with Gasteiger partial charge in [-0.15, -0.1) is 0 Å².